The number of nitrogens with zero attached hydrogens (tertiary/aromatic N) is 2. The molecule has 19 heavy (non-hydrogen) atoms. The smallest absolute Gasteiger partial charge is 0.216 e. The van der Waals surface area contributed by atoms with Crippen molar-refractivity contribution < 1.29 is 4.79 Å². The number of rotatable bonds is 6. The van der Waals surface area contributed by atoms with E-state index in [2.05, 4.69) is 33.2 Å². The first-order valence-corrected chi connectivity index (χ1v) is 6.61. The minimum Gasteiger partial charge on any atom is -0.355 e. The molecule has 1 aromatic carbocycles. The molecule has 1 heterocycles. The lowest BCUT2D eigenvalue weighted by molar-refractivity contribution is -0.118. The fraction of sp³-hybridized carbons (Fsp3) is 0.429. The topological polar surface area (TPSA) is 59.0 Å². The summed E-state index contributed by atoms with van der Waals surface area (Å²) in [6, 6.07) is 8.16. The Kier molecular flexibility index (Phi) is 4.52. The number of fused-ring (bicyclic) bond motifs is 1. The first-order valence-electron chi connectivity index (χ1n) is 6.61. The van der Waals surface area contributed by atoms with Crippen molar-refractivity contribution in [1.29, 1.82) is 0 Å². The Hall–Kier alpha value is -1.88. The zero-order chi connectivity index (χ0) is 13.7. The first-order chi connectivity index (χ1) is 9.22. The van der Waals surface area contributed by atoms with Crippen LogP contribution in [-0.2, 0) is 17.9 Å². The van der Waals surface area contributed by atoms with Crippen LogP contribution in [0.3, 0.4) is 0 Å². The minimum atomic E-state index is 0.00240. The zero-order valence-corrected chi connectivity index (χ0v) is 11.4. The molecule has 2 N–H and O–H groups in total. The van der Waals surface area contributed by atoms with Gasteiger partial charge < -0.3 is 15.2 Å². The largest absolute Gasteiger partial charge is 0.355 e. The molecule has 0 aliphatic carbocycles. The molecule has 0 bridgehead atoms. The van der Waals surface area contributed by atoms with Crippen molar-refractivity contribution >= 4 is 16.9 Å². The van der Waals surface area contributed by atoms with Gasteiger partial charge in [-0.2, -0.15) is 0 Å². The summed E-state index contributed by atoms with van der Waals surface area (Å²) in [4.78, 5) is 15.4. The Morgan fingerprint density at radius 2 is 2.11 bits per heavy atom. The number of benzene rings is 1. The number of carbonyl (C=O) groups excluding carboxylic acids is 1. The summed E-state index contributed by atoms with van der Waals surface area (Å²) in [5, 5.41) is 6.05. The molecule has 0 fully saturated rings. The minimum absolute atomic E-state index is 0.00240. The molecule has 1 aromatic heterocycles. The van der Waals surface area contributed by atoms with Gasteiger partial charge in [0.25, 0.3) is 0 Å². The summed E-state index contributed by atoms with van der Waals surface area (Å²) >= 11 is 0. The second-order valence-corrected chi connectivity index (χ2v) is 4.42. The lowest BCUT2D eigenvalue weighted by Crippen LogP contribution is -2.30. The number of nitrogens with one attached hydrogen (secondary N) is 2. The quantitative estimate of drug-likeness (QED) is 0.769. The summed E-state index contributed by atoms with van der Waals surface area (Å²) in [6.45, 7) is 6.64. The Morgan fingerprint density at radius 3 is 2.84 bits per heavy atom. The lowest BCUT2D eigenvalue weighted by atomic mass is 10.3. The predicted octanol–water partition coefficient (Wildman–Crippen LogP) is 1.28. The van der Waals surface area contributed by atoms with Crippen molar-refractivity contribution in [2.75, 3.05) is 13.1 Å². The van der Waals surface area contributed by atoms with Crippen LogP contribution in [0.1, 0.15) is 19.7 Å². The van der Waals surface area contributed by atoms with Crippen LogP contribution in [0.2, 0.25) is 0 Å². The molecular weight excluding hydrogens is 240 g/mol. The van der Waals surface area contributed by atoms with Gasteiger partial charge in [-0.3, -0.25) is 4.79 Å². The van der Waals surface area contributed by atoms with Crippen molar-refractivity contribution in [3.8, 4) is 0 Å². The normalized spacial score (nSPS) is 10.8. The van der Waals surface area contributed by atoms with E-state index in [0.29, 0.717) is 13.1 Å². The second-order valence-electron chi connectivity index (χ2n) is 4.42. The molecule has 0 saturated carbocycles. The van der Waals surface area contributed by atoms with Crippen molar-refractivity contribution in [2.45, 2.75) is 26.9 Å². The third-order valence-electron chi connectivity index (χ3n) is 3.01. The average Bonchev–Trinajstić information content (AvgIpc) is 2.75. The molecule has 0 unspecified atom stereocenters. The van der Waals surface area contributed by atoms with Crippen LogP contribution in [0.4, 0.5) is 0 Å². The first kappa shape index (κ1) is 13.5. The molecule has 1 amide bonds. The Bertz CT molecular complexity index is 562. The van der Waals surface area contributed by atoms with Gasteiger partial charge in [0.2, 0.25) is 5.91 Å². The Labute approximate surface area is 113 Å². The number of hydrogen-bond donors (Lipinski definition) is 2. The third kappa shape index (κ3) is 3.32. The van der Waals surface area contributed by atoms with Crippen LogP contribution in [-0.4, -0.2) is 28.5 Å². The molecule has 2 aromatic rings. The van der Waals surface area contributed by atoms with E-state index in [9.17, 15) is 4.79 Å². The van der Waals surface area contributed by atoms with E-state index in [-0.39, 0.29) is 5.91 Å². The van der Waals surface area contributed by atoms with E-state index in [4.69, 9.17) is 0 Å². The van der Waals surface area contributed by atoms with Gasteiger partial charge >= 0.3 is 0 Å². The predicted molar refractivity (Wildman–Crippen MR) is 75.8 cm³/mol. The van der Waals surface area contributed by atoms with Gasteiger partial charge in [-0.25, -0.2) is 4.98 Å². The van der Waals surface area contributed by atoms with Crippen molar-refractivity contribution in [3.05, 3.63) is 30.1 Å². The maximum absolute atomic E-state index is 10.7. The summed E-state index contributed by atoms with van der Waals surface area (Å²) in [5.41, 5.74) is 2.20. The fourth-order valence-electron chi connectivity index (χ4n) is 2.14. The highest BCUT2D eigenvalue weighted by Gasteiger charge is 2.07. The van der Waals surface area contributed by atoms with Gasteiger partial charge in [-0.1, -0.05) is 12.1 Å². The summed E-state index contributed by atoms with van der Waals surface area (Å²) < 4.78 is 2.21. The van der Waals surface area contributed by atoms with Crippen LogP contribution in [0.25, 0.3) is 11.0 Å². The standard InChI is InChI=1S/C14H20N4O/c1-3-18-13-7-5-4-6-12(13)17-14(18)10-15-8-9-16-11(2)19/h4-7,15H,3,8-10H2,1-2H3,(H,16,19). The molecule has 0 aliphatic heterocycles. The van der Waals surface area contributed by atoms with Crippen LogP contribution in [0, 0.1) is 0 Å². The van der Waals surface area contributed by atoms with Crippen molar-refractivity contribution in [3.63, 3.8) is 0 Å². The molecule has 5 heteroatoms. The van der Waals surface area contributed by atoms with E-state index in [1.165, 1.54) is 12.4 Å². The maximum Gasteiger partial charge on any atom is 0.216 e. The number of imidazole rings is 1. The number of carbonyl (C=O) groups is 1. The molecule has 102 valence electrons. The molecule has 0 saturated heterocycles. The van der Waals surface area contributed by atoms with E-state index in [1.54, 1.807) is 0 Å². The highest BCUT2D eigenvalue weighted by molar-refractivity contribution is 5.75. The molecule has 0 atom stereocenters. The van der Waals surface area contributed by atoms with Gasteiger partial charge in [0.1, 0.15) is 5.82 Å². The molecule has 2 rings (SSSR count). The number of aryl methyl sites for hydroxylation is 1. The van der Waals surface area contributed by atoms with E-state index >= 15 is 0 Å². The molecule has 5 nitrogen and oxygen atoms in total. The number of amides is 1. The van der Waals surface area contributed by atoms with Gasteiger partial charge in [0.15, 0.2) is 0 Å². The van der Waals surface area contributed by atoms with Gasteiger partial charge in [0.05, 0.1) is 17.6 Å². The molecule has 0 aliphatic rings. The summed E-state index contributed by atoms with van der Waals surface area (Å²) in [7, 11) is 0. The Balaban J connectivity index is 1.98. The molecule has 0 radical (unpaired) electrons. The van der Waals surface area contributed by atoms with E-state index in [1.807, 2.05) is 18.2 Å². The highest BCUT2D eigenvalue weighted by atomic mass is 16.1. The van der Waals surface area contributed by atoms with Crippen LogP contribution < -0.4 is 10.6 Å². The Morgan fingerprint density at radius 1 is 1.32 bits per heavy atom. The maximum atomic E-state index is 10.7. The van der Waals surface area contributed by atoms with Gasteiger partial charge in [0, 0.05) is 26.6 Å². The SMILES string of the molecule is CCn1c(CNCCNC(C)=O)nc2ccccc21. The van der Waals surface area contributed by atoms with Crippen molar-refractivity contribution in [1.82, 2.24) is 20.2 Å². The number of para-hydroxylation sites is 2. The monoisotopic (exact) mass is 260 g/mol. The van der Waals surface area contributed by atoms with Gasteiger partial charge in [-0.15, -0.1) is 0 Å². The lowest BCUT2D eigenvalue weighted by Gasteiger charge is -2.07. The second kappa shape index (κ2) is 6.33. The summed E-state index contributed by atoms with van der Waals surface area (Å²) in [5.74, 6) is 1.04. The molecular formula is C14H20N4O. The molecule has 0 spiro atoms. The number of aromatic nitrogens is 2. The number of hydrogen-bond acceptors (Lipinski definition) is 3. The van der Waals surface area contributed by atoms with Crippen LogP contribution in [0.5, 0.6) is 0 Å². The third-order valence-corrected chi connectivity index (χ3v) is 3.01. The van der Waals surface area contributed by atoms with E-state index < -0.39 is 0 Å². The van der Waals surface area contributed by atoms with Crippen LogP contribution >= 0.6 is 0 Å². The van der Waals surface area contributed by atoms with Crippen molar-refractivity contribution in [2.24, 2.45) is 0 Å². The highest BCUT2D eigenvalue weighted by Crippen LogP contribution is 2.15. The van der Waals surface area contributed by atoms with Gasteiger partial charge in [-0.05, 0) is 19.1 Å². The summed E-state index contributed by atoms with van der Waals surface area (Å²) in [6.07, 6.45) is 0. The average molecular weight is 260 g/mol. The fourth-order valence-corrected chi connectivity index (χ4v) is 2.14. The van der Waals surface area contributed by atoms with E-state index in [0.717, 1.165) is 24.4 Å². The zero-order valence-electron chi connectivity index (χ0n) is 11.4. The van der Waals surface area contributed by atoms with Crippen LogP contribution in [0.15, 0.2) is 24.3 Å².